The topological polar surface area (TPSA) is 12.0 Å². The van der Waals surface area contributed by atoms with E-state index in [9.17, 15) is 0 Å². The van der Waals surface area contributed by atoms with E-state index >= 15 is 0 Å². The molecule has 0 unspecified atom stereocenters. The van der Waals surface area contributed by atoms with Crippen LogP contribution in [0.1, 0.15) is 36.8 Å². The summed E-state index contributed by atoms with van der Waals surface area (Å²) in [4.78, 5) is 0. The molecule has 0 heterocycles. The Labute approximate surface area is 107 Å². The van der Waals surface area contributed by atoms with Gasteiger partial charge in [0.15, 0.2) is 0 Å². The molecule has 1 nitrogen and oxygen atoms in total. The fourth-order valence-corrected chi connectivity index (χ4v) is 2.49. The first-order chi connectivity index (χ1) is 7.75. The van der Waals surface area contributed by atoms with E-state index in [1.807, 2.05) is 0 Å². The van der Waals surface area contributed by atoms with Crippen molar-refractivity contribution in [3.63, 3.8) is 0 Å². The number of hydrogen-bond donors (Lipinski definition) is 1. The second-order valence-electron chi connectivity index (χ2n) is 4.85. The highest BCUT2D eigenvalue weighted by Gasteiger charge is 2.15. The lowest BCUT2D eigenvalue weighted by atomic mass is 9.83. The molecule has 0 aliphatic heterocycles. The zero-order valence-electron chi connectivity index (χ0n) is 9.93. The van der Waals surface area contributed by atoms with Crippen molar-refractivity contribution in [2.75, 3.05) is 6.54 Å². The van der Waals surface area contributed by atoms with Crippen LogP contribution in [0.15, 0.2) is 22.7 Å². The molecule has 0 aromatic heterocycles. The first kappa shape index (κ1) is 12.1. The Morgan fingerprint density at radius 2 is 2.19 bits per heavy atom. The normalized spacial score (nSPS) is 16.1. The van der Waals surface area contributed by atoms with Gasteiger partial charge in [-0.15, -0.1) is 0 Å². The molecule has 1 N–H and O–H groups in total. The highest BCUT2D eigenvalue weighted by Crippen LogP contribution is 2.28. The third kappa shape index (κ3) is 3.33. The summed E-state index contributed by atoms with van der Waals surface area (Å²) in [5.41, 5.74) is 2.67. The fraction of sp³-hybridized carbons (Fsp3) is 0.571. The Morgan fingerprint density at radius 1 is 1.38 bits per heavy atom. The quantitative estimate of drug-likeness (QED) is 0.804. The standard InChI is InChI=1S/C14H20BrN/c1-11-5-6-13(9-14(11)15)10-16-8-7-12-3-2-4-12/h5-6,9,12,16H,2-4,7-8,10H2,1H3. The van der Waals surface area contributed by atoms with Crippen LogP contribution < -0.4 is 5.32 Å². The second-order valence-corrected chi connectivity index (χ2v) is 5.70. The molecule has 1 aliphatic rings. The van der Waals surface area contributed by atoms with Crippen LogP contribution in [-0.4, -0.2) is 6.54 Å². The van der Waals surface area contributed by atoms with E-state index in [2.05, 4.69) is 46.4 Å². The van der Waals surface area contributed by atoms with Gasteiger partial charge >= 0.3 is 0 Å². The van der Waals surface area contributed by atoms with Crippen LogP contribution in [0.5, 0.6) is 0 Å². The van der Waals surface area contributed by atoms with Crippen molar-refractivity contribution in [2.45, 2.75) is 39.2 Å². The fourth-order valence-electron chi connectivity index (χ4n) is 2.07. The molecule has 0 radical (unpaired) electrons. The smallest absolute Gasteiger partial charge is 0.0207 e. The van der Waals surface area contributed by atoms with E-state index in [0.29, 0.717) is 0 Å². The molecule has 88 valence electrons. The van der Waals surface area contributed by atoms with E-state index in [4.69, 9.17) is 0 Å². The van der Waals surface area contributed by atoms with E-state index in [0.717, 1.165) is 19.0 Å². The van der Waals surface area contributed by atoms with Gasteiger partial charge in [-0.3, -0.25) is 0 Å². The molecule has 2 rings (SSSR count). The van der Waals surface area contributed by atoms with Crippen LogP contribution in [0.25, 0.3) is 0 Å². The lowest BCUT2D eigenvalue weighted by Crippen LogP contribution is -2.21. The summed E-state index contributed by atoms with van der Waals surface area (Å²) in [5, 5.41) is 3.53. The first-order valence-electron chi connectivity index (χ1n) is 6.21. The molecule has 2 heteroatoms. The summed E-state index contributed by atoms with van der Waals surface area (Å²) in [5.74, 6) is 1.01. The Bertz CT molecular complexity index is 345. The van der Waals surface area contributed by atoms with Gasteiger partial charge in [0.05, 0.1) is 0 Å². The molecule has 1 aliphatic carbocycles. The molecule has 0 amide bonds. The molecule has 16 heavy (non-hydrogen) atoms. The predicted octanol–water partition coefficient (Wildman–Crippen LogP) is 4.04. The van der Waals surface area contributed by atoms with E-state index in [1.165, 1.54) is 41.3 Å². The van der Waals surface area contributed by atoms with Gasteiger partial charge in [-0.1, -0.05) is 47.3 Å². The van der Waals surface area contributed by atoms with Crippen LogP contribution in [-0.2, 0) is 6.54 Å². The minimum absolute atomic E-state index is 0.992. The van der Waals surface area contributed by atoms with Crippen molar-refractivity contribution in [1.29, 1.82) is 0 Å². The SMILES string of the molecule is Cc1ccc(CNCCC2CCC2)cc1Br. The maximum Gasteiger partial charge on any atom is 0.0207 e. The van der Waals surface area contributed by atoms with E-state index in [-0.39, 0.29) is 0 Å². The number of halogens is 1. The molecule has 1 saturated carbocycles. The summed E-state index contributed by atoms with van der Waals surface area (Å²) in [7, 11) is 0. The van der Waals surface area contributed by atoms with Crippen LogP contribution in [0.3, 0.4) is 0 Å². The predicted molar refractivity (Wildman–Crippen MR) is 72.5 cm³/mol. The summed E-state index contributed by atoms with van der Waals surface area (Å²) in [6, 6.07) is 6.59. The Kier molecular flexibility index (Phi) is 4.42. The van der Waals surface area contributed by atoms with Gasteiger partial charge in [-0.05, 0) is 43.0 Å². The molecule has 1 aromatic rings. The maximum absolute atomic E-state index is 3.57. The molecular weight excluding hydrogens is 262 g/mol. The van der Waals surface area contributed by atoms with Gasteiger partial charge < -0.3 is 5.32 Å². The van der Waals surface area contributed by atoms with Gasteiger partial charge in [-0.2, -0.15) is 0 Å². The van der Waals surface area contributed by atoms with Gasteiger partial charge in [-0.25, -0.2) is 0 Å². The van der Waals surface area contributed by atoms with E-state index < -0.39 is 0 Å². The highest BCUT2D eigenvalue weighted by atomic mass is 79.9. The molecule has 0 bridgehead atoms. The molecule has 1 aromatic carbocycles. The largest absolute Gasteiger partial charge is 0.313 e. The molecule has 0 saturated heterocycles. The van der Waals surface area contributed by atoms with Crippen molar-refractivity contribution in [1.82, 2.24) is 5.32 Å². The van der Waals surface area contributed by atoms with Crippen molar-refractivity contribution < 1.29 is 0 Å². The zero-order valence-corrected chi connectivity index (χ0v) is 11.5. The van der Waals surface area contributed by atoms with Crippen molar-refractivity contribution >= 4 is 15.9 Å². The summed E-state index contributed by atoms with van der Waals surface area (Å²) < 4.78 is 1.21. The molecular formula is C14H20BrN. The minimum atomic E-state index is 0.992. The average Bonchev–Trinajstić information content (AvgIpc) is 2.20. The number of rotatable bonds is 5. The monoisotopic (exact) mass is 281 g/mol. The lowest BCUT2D eigenvalue weighted by Gasteiger charge is -2.25. The van der Waals surface area contributed by atoms with Gasteiger partial charge in [0.2, 0.25) is 0 Å². The van der Waals surface area contributed by atoms with E-state index in [1.54, 1.807) is 0 Å². The van der Waals surface area contributed by atoms with Gasteiger partial charge in [0.25, 0.3) is 0 Å². The Balaban J connectivity index is 1.69. The number of aryl methyl sites for hydroxylation is 1. The Morgan fingerprint density at radius 3 is 2.81 bits per heavy atom. The van der Waals surface area contributed by atoms with Crippen molar-refractivity contribution in [3.8, 4) is 0 Å². The van der Waals surface area contributed by atoms with Crippen LogP contribution in [0, 0.1) is 12.8 Å². The average molecular weight is 282 g/mol. The molecule has 0 spiro atoms. The van der Waals surface area contributed by atoms with Crippen LogP contribution >= 0.6 is 15.9 Å². The third-order valence-corrected chi connectivity index (χ3v) is 4.37. The summed E-state index contributed by atoms with van der Waals surface area (Å²) in [6.45, 7) is 4.28. The summed E-state index contributed by atoms with van der Waals surface area (Å²) >= 11 is 3.57. The van der Waals surface area contributed by atoms with Crippen LogP contribution in [0.2, 0.25) is 0 Å². The highest BCUT2D eigenvalue weighted by molar-refractivity contribution is 9.10. The Hall–Kier alpha value is -0.340. The van der Waals surface area contributed by atoms with Gasteiger partial charge in [0, 0.05) is 11.0 Å². The van der Waals surface area contributed by atoms with Gasteiger partial charge in [0.1, 0.15) is 0 Å². The lowest BCUT2D eigenvalue weighted by molar-refractivity contribution is 0.292. The number of benzene rings is 1. The first-order valence-corrected chi connectivity index (χ1v) is 7.01. The zero-order chi connectivity index (χ0) is 11.4. The van der Waals surface area contributed by atoms with Crippen molar-refractivity contribution in [3.05, 3.63) is 33.8 Å². The summed E-state index contributed by atoms with van der Waals surface area (Å²) in [6.07, 6.45) is 5.72. The molecule has 0 atom stereocenters. The second kappa shape index (κ2) is 5.83. The van der Waals surface area contributed by atoms with Crippen LogP contribution in [0.4, 0.5) is 0 Å². The third-order valence-electron chi connectivity index (χ3n) is 3.52. The maximum atomic E-state index is 3.57. The molecule has 1 fully saturated rings. The number of nitrogens with one attached hydrogen (secondary N) is 1. The minimum Gasteiger partial charge on any atom is -0.313 e. The number of hydrogen-bond acceptors (Lipinski definition) is 1. The van der Waals surface area contributed by atoms with Crippen molar-refractivity contribution in [2.24, 2.45) is 5.92 Å².